The molecule has 0 radical (unpaired) electrons. The van der Waals surface area contributed by atoms with Crippen molar-refractivity contribution in [3.05, 3.63) is 47.8 Å². The van der Waals surface area contributed by atoms with Crippen molar-refractivity contribution in [1.82, 2.24) is 10.2 Å². The van der Waals surface area contributed by atoms with Crippen LogP contribution >= 0.6 is 0 Å². The number of nitriles is 1. The summed E-state index contributed by atoms with van der Waals surface area (Å²) in [4.78, 5) is 0. The molecule has 0 fully saturated rings. The summed E-state index contributed by atoms with van der Waals surface area (Å²) in [5.41, 5.74) is 2.70. The van der Waals surface area contributed by atoms with E-state index in [9.17, 15) is 0 Å². The summed E-state index contributed by atoms with van der Waals surface area (Å²) in [5.74, 6) is 0. The highest BCUT2D eigenvalue weighted by Crippen LogP contribution is 2.08. The summed E-state index contributed by atoms with van der Waals surface area (Å²) < 4.78 is 0. The second kappa shape index (κ2) is 4.29. The molecule has 15 heavy (non-hydrogen) atoms. The van der Waals surface area contributed by atoms with Crippen LogP contribution in [0, 0.1) is 11.3 Å². The maximum atomic E-state index is 8.73. The number of rotatable bonds is 3. The van der Waals surface area contributed by atoms with Crippen LogP contribution in [0.4, 0.5) is 5.69 Å². The lowest BCUT2D eigenvalue weighted by Crippen LogP contribution is -1.98. The van der Waals surface area contributed by atoms with E-state index in [2.05, 4.69) is 21.6 Å². The van der Waals surface area contributed by atoms with Gasteiger partial charge >= 0.3 is 0 Å². The zero-order valence-corrected chi connectivity index (χ0v) is 8.07. The molecule has 74 valence electrons. The topological polar surface area (TPSA) is 64.5 Å². The molecular weight excluding hydrogens is 188 g/mol. The van der Waals surface area contributed by atoms with Gasteiger partial charge in [-0.1, -0.05) is 12.1 Å². The smallest absolute Gasteiger partial charge is 0.0991 e. The molecule has 0 aliphatic rings. The maximum absolute atomic E-state index is 8.73. The molecule has 0 bridgehead atoms. The summed E-state index contributed by atoms with van der Waals surface area (Å²) >= 11 is 0. The fraction of sp³-hybridized carbons (Fsp3) is 0.0909. The monoisotopic (exact) mass is 198 g/mol. The lowest BCUT2D eigenvalue weighted by atomic mass is 10.1. The molecule has 1 aromatic carbocycles. The molecule has 2 aromatic rings. The van der Waals surface area contributed by atoms with Crippen molar-refractivity contribution in [2.24, 2.45) is 0 Å². The number of nitrogens with one attached hydrogen (secondary N) is 2. The molecule has 0 unspecified atom stereocenters. The van der Waals surface area contributed by atoms with E-state index in [-0.39, 0.29) is 0 Å². The molecule has 1 heterocycles. The Kier molecular flexibility index (Phi) is 2.65. The Balaban J connectivity index is 2.02. The van der Waals surface area contributed by atoms with Crippen LogP contribution in [0.15, 0.2) is 36.7 Å². The second-order valence-electron chi connectivity index (χ2n) is 3.15. The second-order valence-corrected chi connectivity index (χ2v) is 3.15. The third-order valence-electron chi connectivity index (χ3n) is 2.05. The third kappa shape index (κ3) is 2.35. The van der Waals surface area contributed by atoms with Gasteiger partial charge in [-0.05, 0) is 17.7 Å². The zero-order valence-electron chi connectivity index (χ0n) is 8.07. The predicted octanol–water partition coefficient (Wildman–Crippen LogP) is 1.89. The van der Waals surface area contributed by atoms with E-state index in [0.29, 0.717) is 12.1 Å². The van der Waals surface area contributed by atoms with Gasteiger partial charge in [0.1, 0.15) is 0 Å². The van der Waals surface area contributed by atoms with Crippen LogP contribution in [0.5, 0.6) is 0 Å². The number of nitrogens with zero attached hydrogens (tertiary/aromatic N) is 2. The van der Waals surface area contributed by atoms with Gasteiger partial charge in [0, 0.05) is 12.7 Å². The van der Waals surface area contributed by atoms with Crippen LogP contribution in [0.1, 0.15) is 11.1 Å². The van der Waals surface area contributed by atoms with Crippen LogP contribution in [-0.4, -0.2) is 10.2 Å². The first-order valence-electron chi connectivity index (χ1n) is 4.60. The van der Waals surface area contributed by atoms with Crippen LogP contribution < -0.4 is 5.32 Å². The Labute approximate surface area is 87.6 Å². The Morgan fingerprint density at radius 3 is 3.13 bits per heavy atom. The van der Waals surface area contributed by atoms with Gasteiger partial charge in [0.2, 0.25) is 0 Å². The van der Waals surface area contributed by atoms with E-state index < -0.39 is 0 Å². The Bertz CT molecular complexity index is 468. The quantitative estimate of drug-likeness (QED) is 0.791. The average molecular weight is 198 g/mol. The summed E-state index contributed by atoms with van der Waals surface area (Å²) in [6, 6.07) is 9.64. The van der Waals surface area contributed by atoms with Crippen molar-refractivity contribution in [2.45, 2.75) is 6.54 Å². The number of hydrogen-bond acceptors (Lipinski definition) is 3. The minimum Gasteiger partial charge on any atom is -0.378 e. The SMILES string of the molecule is N#Cc1cccc(CNc2cn[nH]c2)c1. The molecule has 0 aliphatic heterocycles. The van der Waals surface area contributed by atoms with Crippen molar-refractivity contribution in [3.8, 4) is 6.07 Å². The maximum Gasteiger partial charge on any atom is 0.0991 e. The number of benzene rings is 1. The van der Waals surface area contributed by atoms with Gasteiger partial charge in [-0.25, -0.2) is 0 Å². The van der Waals surface area contributed by atoms with Gasteiger partial charge in [-0.15, -0.1) is 0 Å². The summed E-state index contributed by atoms with van der Waals surface area (Å²) in [6.07, 6.45) is 3.50. The molecule has 0 saturated carbocycles. The fourth-order valence-electron chi connectivity index (χ4n) is 1.30. The van der Waals surface area contributed by atoms with Crippen LogP contribution in [0.25, 0.3) is 0 Å². The highest BCUT2D eigenvalue weighted by molar-refractivity contribution is 5.40. The molecular formula is C11H10N4. The van der Waals surface area contributed by atoms with E-state index in [1.165, 1.54) is 0 Å². The van der Waals surface area contributed by atoms with E-state index in [1.54, 1.807) is 18.5 Å². The summed E-state index contributed by atoms with van der Waals surface area (Å²) in [7, 11) is 0. The lowest BCUT2D eigenvalue weighted by molar-refractivity contribution is 1.09. The zero-order chi connectivity index (χ0) is 10.5. The van der Waals surface area contributed by atoms with Gasteiger partial charge < -0.3 is 5.32 Å². The van der Waals surface area contributed by atoms with E-state index >= 15 is 0 Å². The summed E-state index contributed by atoms with van der Waals surface area (Å²) in [5, 5.41) is 18.5. The van der Waals surface area contributed by atoms with E-state index in [1.807, 2.05) is 18.2 Å². The molecule has 1 aromatic heterocycles. The first-order valence-corrected chi connectivity index (χ1v) is 4.60. The van der Waals surface area contributed by atoms with Crippen molar-refractivity contribution < 1.29 is 0 Å². The van der Waals surface area contributed by atoms with Gasteiger partial charge in [-0.2, -0.15) is 10.4 Å². The van der Waals surface area contributed by atoms with Crippen molar-refractivity contribution in [3.63, 3.8) is 0 Å². The number of anilines is 1. The van der Waals surface area contributed by atoms with Gasteiger partial charge in [0.15, 0.2) is 0 Å². The molecule has 0 atom stereocenters. The van der Waals surface area contributed by atoms with Crippen molar-refractivity contribution in [2.75, 3.05) is 5.32 Å². The number of aromatic amines is 1. The molecule has 0 aliphatic carbocycles. The highest BCUT2D eigenvalue weighted by Gasteiger charge is 1.96. The molecule has 2 rings (SSSR count). The van der Waals surface area contributed by atoms with Crippen LogP contribution in [-0.2, 0) is 6.54 Å². The number of H-pyrrole nitrogens is 1. The summed E-state index contributed by atoms with van der Waals surface area (Å²) in [6.45, 7) is 0.690. The first kappa shape index (κ1) is 9.28. The van der Waals surface area contributed by atoms with E-state index in [0.717, 1.165) is 11.3 Å². The van der Waals surface area contributed by atoms with Crippen molar-refractivity contribution in [1.29, 1.82) is 5.26 Å². The molecule has 4 heteroatoms. The molecule has 0 saturated heterocycles. The Morgan fingerprint density at radius 2 is 2.40 bits per heavy atom. The van der Waals surface area contributed by atoms with Crippen LogP contribution in [0.2, 0.25) is 0 Å². The van der Waals surface area contributed by atoms with Gasteiger partial charge in [0.05, 0.1) is 23.5 Å². The lowest BCUT2D eigenvalue weighted by Gasteiger charge is -2.03. The molecule has 0 spiro atoms. The van der Waals surface area contributed by atoms with E-state index in [4.69, 9.17) is 5.26 Å². The predicted molar refractivity (Wildman–Crippen MR) is 57.1 cm³/mol. The van der Waals surface area contributed by atoms with Gasteiger partial charge in [0.25, 0.3) is 0 Å². The molecule has 0 amide bonds. The Hall–Kier alpha value is -2.28. The standard InChI is InChI=1S/C11H10N4/c12-5-9-2-1-3-10(4-9)6-13-11-7-14-15-8-11/h1-4,7-8,13H,6H2,(H,14,15). The first-order chi connectivity index (χ1) is 7.38. The average Bonchev–Trinajstić information content (AvgIpc) is 2.79. The number of aromatic nitrogens is 2. The number of hydrogen-bond donors (Lipinski definition) is 2. The van der Waals surface area contributed by atoms with Crippen LogP contribution in [0.3, 0.4) is 0 Å². The van der Waals surface area contributed by atoms with Crippen molar-refractivity contribution >= 4 is 5.69 Å². The van der Waals surface area contributed by atoms with Gasteiger partial charge in [-0.3, -0.25) is 5.10 Å². The molecule has 2 N–H and O–H groups in total. The minimum absolute atomic E-state index is 0.682. The third-order valence-corrected chi connectivity index (χ3v) is 2.05. The minimum atomic E-state index is 0.682. The largest absolute Gasteiger partial charge is 0.378 e. The normalized spacial score (nSPS) is 9.53. The highest BCUT2D eigenvalue weighted by atomic mass is 15.1. The fourth-order valence-corrected chi connectivity index (χ4v) is 1.30. The Morgan fingerprint density at radius 1 is 1.47 bits per heavy atom. The molecule has 4 nitrogen and oxygen atoms in total.